The molecule has 2 fully saturated rings. The molecule has 2 aliphatic heterocycles. The maximum atomic E-state index is 12.6. The Balaban J connectivity index is 1.51. The number of hydrogen-bond donors (Lipinski definition) is 0. The van der Waals surface area contributed by atoms with Gasteiger partial charge in [0.25, 0.3) is 5.91 Å². The molecule has 1 aromatic rings. The molecule has 0 unspecified atom stereocenters. The van der Waals surface area contributed by atoms with E-state index in [-0.39, 0.29) is 5.91 Å². The number of benzene rings is 1. The lowest BCUT2D eigenvalue weighted by Gasteiger charge is -2.33. The second kappa shape index (κ2) is 8.56. The number of hydrogen-bond acceptors (Lipinski definition) is 5. The summed E-state index contributed by atoms with van der Waals surface area (Å²) in [6.07, 6.45) is 1.92. The normalized spacial score (nSPS) is 20.6. The minimum Gasteiger partial charge on any atom is -0.336 e. The van der Waals surface area contributed by atoms with Crippen LogP contribution in [-0.2, 0) is 11.3 Å². The summed E-state index contributed by atoms with van der Waals surface area (Å²) in [4.78, 5) is 31.8. The van der Waals surface area contributed by atoms with E-state index < -0.39 is 0 Å². The second-order valence-electron chi connectivity index (χ2n) is 6.99. The lowest BCUT2D eigenvalue weighted by atomic mass is 10.1. The van der Waals surface area contributed by atoms with Crippen molar-refractivity contribution in [2.75, 3.05) is 66.0 Å². The van der Waals surface area contributed by atoms with Crippen LogP contribution in [0.4, 0.5) is 0 Å². The van der Waals surface area contributed by atoms with Crippen LogP contribution in [0.25, 0.3) is 0 Å². The molecule has 135 valence electrons. The zero-order valence-corrected chi connectivity index (χ0v) is 15.0. The summed E-state index contributed by atoms with van der Waals surface area (Å²) >= 11 is 0. The Morgan fingerprint density at radius 1 is 0.920 bits per heavy atom. The fourth-order valence-electron chi connectivity index (χ4n) is 3.40. The Morgan fingerprint density at radius 2 is 1.52 bits per heavy atom. The molecule has 0 bridgehead atoms. The summed E-state index contributed by atoms with van der Waals surface area (Å²) in [6, 6.07) is 8.03. The van der Waals surface area contributed by atoms with Gasteiger partial charge in [0, 0.05) is 64.5 Å². The maximum absolute atomic E-state index is 12.6. The molecular weight excluding hydrogens is 316 g/mol. The van der Waals surface area contributed by atoms with Crippen molar-refractivity contribution in [2.24, 2.45) is 0 Å². The summed E-state index contributed by atoms with van der Waals surface area (Å²) in [7, 11) is 2.16. The summed E-state index contributed by atoms with van der Waals surface area (Å²) in [5.74, 6) is 0.0841. The molecule has 2 saturated heterocycles. The van der Waals surface area contributed by atoms with E-state index in [1.165, 1.54) is 5.56 Å². The van der Waals surface area contributed by atoms with Crippen LogP contribution in [0, 0.1) is 0 Å². The summed E-state index contributed by atoms with van der Waals surface area (Å²) in [6.45, 7) is 8.53. The van der Waals surface area contributed by atoms with Gasteiger partial charge >= 0.3 is 0 Å². The smallest absolute Gasteiger partial charge is 0.253 e. The Kier molecular flexibility index (Phi) is 6.18. The molecule has 0 spiro atoms. The summed E-state index contributed by atoms with van der Waals surface area (Å²) in [5, 5.41) is 0. The van der Waals surface area contributed by atoms with E-state index in [9.17, 15) is 9.59 Å². The van der Waals surface area contributed by atoms with Crippen molar-refractivity contribution >= 4 is 12.2 Å². The monoisotopic (exact) mass is 343 g/mol. The Bertz CT molecular complexity index is 574. The van der Waals surface area contributed by atoms with E-state index in [0.717, 1.165) is 51.4 Å². The highest BCUT2D eigenvalue weighted by Crippen LogP contribution is 2.13. The van der Waals surface area contributed by atoms with Gasteiger partial charge in [-0.1, -0.05) is 12.1 Å². The molecule has 6 heteroatoms. The Morgan fingerprint density at radius 3 is 2.12 bits per heavy atom. The molecule has 1 radical (unpaired) electrons. The molecule has 0 atom stereocenters. The molecule has 0 aromatic heterocycles. The molecule has 25 heavy (non-hydrogen) atoms. The van der Waals surface area contributed by atoms with Crippen molar-refractivity contribution in [1.29, 1.82) is 0 Å². The van der Waals surface area contributed by atoms with Crippen LogP contribution in [-0.4, -0.2) is 97.7 Å². The van der Waals surface area contributed by atoms with Gasteiger partial charge in [-0.2, -0.15) is 0 Å². The fourth-order valence-corrected chi connectivity index (χ4v) is 3.40. The van der Waals surface area contributed by atoms with E-state index in [4.69, 9.17) is 0 Å². The number of amides is 1. The van der Waals surface area contributed by atoms with Crippen molar-refractivity contribution < 1.29 is 9.59 Å². The number of rotatable bonds is 5. The quantitative estimate of drug-likeness (QED) is 0.770. The molecule has 0 saturated carbocycles. The minimum absolute atomic E-state index is 0.0841. The third-order valence-corrected chi connectivity index (χ3v) is 5.15. The van der Waals surface area contributed by atoms with Crippen molar-refractivity contribution in [3.8, 4) is 0 Å². The van der Waals surface area contributed by atoms with Gasteiger partial charge in [0.2, 0.25) is 6.29 Å². The molecule has 0 aliphatic carbocycles. The van der Waals surface area contributed by atoms with Crippen LogP contribution < -0.4 is 0 Å². The van der Waals surface area contributed by atoms with Crippen LogP contribution in [0.2, 0.25) is 0 Å². The molecule has 2 aliphatic rings. The Labute approximate surface area is 150 Å². The first-order valence-electron chi connectivity index (χ1n) is 9.02. The maximum Gasteiger partial charge on any atom is 0.253 e. The average molecular weight is 343 g/mol. The summed E-state index contributed by atoms with van der Waals surface area (Å²) < 4.78 is 0. The highest BCUT2D eigenvalue weighted by Gasteiger charge is 2.22. The second-order valence-corrected chi connectivity index (χ2v) is 6.99. The van der Waals surface area contributed by atoms with Crippen LogP contribution in [0.5, 0.6) is 0 Å². The fraction of sp³-hybridized carbons (Fsp3) is 0.579. The van der Waals surface area contributed by atoms with Gasteiger partial charge in [-0.05, 0) is 24.7 Å². The van der Waals surface area contributed by atoms with Crippen molar-refractivity contribution in [3.63, 3.8) is 0 Å². The average Bonchev–Trinajstić information content (AvgIpc) is 2.65. The van der Waals surface area contributed by atoms with Crippen LogP contribution >= 0.6 is 0 Å². The third-order valence-electron chi connectivity index (χ3n) is 5.15. The van der Waals surface area contributed by atoms with Gasteiger partial charge in [-0.3, -0.25) is 19.4 Å². The number of carbonyl (C=O) groups is 1. The van der Waals surface area contributed by atoms with Crippen LogP contribution in [0.3, 0.4) is 0 Å². The van der Waals surface area contributed by atoms with E-state index in [0.29, 0.717) is 19.6 Å². The number of piperazine rings is 2. The first-order chi connectivity index (χ1) is 12.2. The zero-order valence-electron chi connectivity index (χ0n) is 15.0. The first-order valence-corrected chi connectivity index (χ1v) is 9.02. The minimum atomic E-state index is 0.0841. The largest absolute Gasteiger partial charge is 0.336 e. The predicted octanol–water partition coefficient (Wildman–Crippen LogP) is 0.302. The van der Waals surface area contributed by atoms with Crippen molar-refractivity contribution in [1.82, 2.24) is 19.6 Å². The highest BCUT2D eigenvalue weighted by molar-refractivity contribution is 5.94. The van der Waals surface area contributed by atoms with E-state index >= 15 is 0 Å². The van der Waals surface area contributed by atoms with Gasteiger partial charge in [0.15, 0.2) is 0 Å². The molecule has 1 aromatic carbocycles. The van der Waals surface area contributed by atoms with E-state index in [1.54, 1.807) is 0 Å². The molecule has 2 heterocycles. The van der Waals surface area contributed by atoms with E-state index in [1.807, 2.05) is 28.2 Å². The van der Waals surface area contributed by atoms with Gasteiger partial charge in [-0.25, -0.2) is 0 Å². The predicted molar refractivity (Wildman–Crippen MR) is 97.3 cm³/mol. The number of carbonyl (C=O) groups excluding carboxylic acids is 2. The highest BCUT2D eigenvalue weighted by atomic mass is 16.2. The third kappa shape index (κ3) is 4.87. The van der Waals surface area contributed by atoms with Gasteiger partial charge in [-0.15, -0.1) is 0 Å². The molecular formula is C19H27N4O2. The number of likely N-dealkylation sites (N-methyl/N-ethyl adjacent to an activating group) is 1. The Hall–Kier alpha value is -1.76. The first kappa shape index (κ1) is 18.0. The van der Waals surface area contributed by atoms with Gasteiger partial charge < -0.3 is 9.80 Å². The molecule has 0 N–H and O–H groups in total. The standard InChI is InChI=1S/C19H27N4O2/c1-20-6-8-22(9-7-20)16-17-2-4-18(5-3-17)19(25)23-12-10-21(11-13-23)14-15-24/h2-5H,6-14,16H2,1H3. The zero-order chi connectivity index (χ0) is 17.6. The topological polar surface area (TPSA) is 47.1 Å². The van der Waals surface area contributed by atoms with Crippen LogP contribution in [0.15, 0.2) is 24.3 Å². The summed E-state index contributed by atoms with van der Waals surface area (Å²) in [5.41, 5.74) is 2.00. The van der Waals surface area contributed by atoms with Crippen molar-refractivity contribution in [3.05, 3.63) is 35.4 Å². The van der Waals surface area contributed by atoms with Crippen molar-refractivity contribution in [2.45, 2.75) is 6.54 Å². The molecule has 3 rings (SSSR count). The van der Waals surface area contributed by atoms with Gasteiger partial charge in [0.05, 0.1) is 6.54 Å². The van der Waals surface area contributed by atoms with E-state index in [2.05, 4.69) is 29.0 Å². The van der Waals surface area contributed by atoms with Crippen LogP contribution in [0.1, 0.15) is 15.9 Å². The van der Waals surface area contributed by atoms with Gasteiger partial charge in [0.1, 0.15) is 0 Å². The molecule has 1 amide bonds. The lowest BCUT2D eigenvalue weighted by molar-refractivity contribution is 0.0654. The lowest BCUT2D eigenvalue weighted by Crippen LogP contribution is -2.49. The number of nitrogens with zero attached hydrogens (tertiary/aromatic N) is 4. The molecule has 6 nitrogen and oxygen atoms in total. The SMILES string of the molecule is CN1CCN(Cc2ccc(C(=O)N3CCN(C[C]=O)CC3)cc2)CC1.